The monoisotopic (exact) mass is 419 g/mol. The molecule has 0 aliphatic heterocycles. The topological polar surface area (TPSA) is 41.6 Å². The van der Waals surface area contributed by atoms with Crippen molar-refractivity contribution in [2.75, 3.05) is 5.75 Å². The highest BCUT2D eigenvalue weighted by atomic mass is 32.2. The summed E-state index contributed by atoms with van der Waals surface area (Å²) in [6.45, 7) is 2.14. The maximum Gasteiger partial charge on any atom is 0.166 e. The van der Waals surface area contributed by atoms with Gasteiger partial charge in [-0.05, 0) is 61.8 Å². The number of unbranched alkanes of at least 4 members (excludes halogenated alkanes) is 1. The van der Waals surface area contributed by atoms with E-state index in [2.05, 4.69) is 64.3 Å². The Kier molecular flexibility index (Phi) is 6.91. The van der Waals surface area contributed by atoms with E-state index in [9.17, 15) is 0 Å². The van der Waals surface area contributed by atoms with Gasteiger partial charge in [0.05, 0.1) is 16.7 Å². The molecule has 0 saturated carbocycles. The number of pyridine rings is 1. The normalized spacial score (nSPS) is 11.2. The largest absolute Gasteiger partial charge is 0.333 e. The summed E-state index contributed by atoms with van der Waals surface area (Å²) in [6.07, 6.45) is 5.54. The van der Waals surface area contributed by atoms with Gasteiger partial charge in [0, 0.05) is 16.8 Å². The predicted molar refractivity (Wildman–Crippen MR) is 125 cm³/mol. The Hall–Kier alpha value is -2.24. The highest BCUT2D eigenvalue weighted by Crippen LogP contribution is 2.25. The van der Waals surface area contributed by atoms with Crippen LogP contribution in [0, 0.1) is 6.92 Å². The minimum atomic E-state index is 0.821. The summed E-state index contributed by atoms with van der Waals surface area (Å²) < 4.78 is 0. The number of thioether (sulfide) groups is 2. The van der Waals surface area contributed by atoms with Gasteiger partial charge in [-0.25, -0.2) is 4.98 Å². The minimum Gasteiger partial charge on any atom is -0.333 e. The van der Waals surface area contributed by atoms with Crippen LogP contribution in [0.1, 0.15) is 29.7 Å². The third kappa shape index (κ3) is 5.87. The molecule has 5 heteroatoms. The summed E-state index contributed by atoms with van der Waals surface area (Å²) in [5.41, 5.74) is 5.96. The number of aromatic nitrogens is 3. The van der Waals surface area contributed by atoms with Gasteiger partial charge in [-0.3, -0.25) is 4.98 Å². The van der Waals surface area contributed by atoms with Gasteiger partial charge >= 0.3 is 0 Å². The number of nitrogens with one attached hydrogen (secondary N) is 1. The van der Waals surface area contributed by atoms with Gasteiger partial charge in [0.2, 0.25) is 0 Å². The van der Waals surface area contributed by atoms with Crippen molar-refractivity contribution >= 4 is 34.6 Å². The second-order valence-electron chi connectivity index (χ2n) is 7.12. The molecule has 29 heavy (non-hydrogen) atoms. The summed E-state index contributed by atoms with van der Waals surface area (Å²) in [5, 5.41) is 0.946. The van der Waals surface area contributed by atoms with Crippen molar-refractivity contribution < 1.29 is 0 Å². The average molecular weight is 420 g/mol. The number of para-hydroxylation sites is 2. The number of nitrogens with zero attached hydrogens (tertiary/aromatic N) is 2. The summed E-state index contributed by atoms with van der Waals surface area (Å²) in [4.78, 5) is 13.8. The number of hydrogen-bond acceptors (Lipinski definition) is 4. The zero-order valence-electron chi connectivity index (χ0n) is 16.6. The lowest BCUT2D eigenvalue weighted by atomic mass is 10.1. The fourth-order valence-corrected chi connectivity index (χ4v) is 4.89. The van der Waals surface area contributed by atoms with Crippen molar-refractivity contribution in [3.63, 3.8) is 0 Å². The lowest BCUT2D eigenvalue weighted by Crippen LogP contribution is -1.90. The third-order valence-corrected chi connectivity index (χ3v) is 6.75. The van der Waals surface area contributed by atoms with Crippen LogP contribution in [0.5, 0.6) is 0 Å². The van der Waals surface area contributed by atoms with E-state index in [1.54, 1.807) is 11.8 Å². The number of aromatic amines is 1. The molecule has 4 rings (SSSR count). The van der Waals surface area contributed by atoms with E-state index in [1.807, 2.05) is 36.2 Å². The highest BCUT2D eigenvalue weighted by Gasteiger charge is 2.05. The van der Waals surface area contributed by atoms with Gasteiger partial charge in [0.25, 0.3) is 0 Å². The van der Waals surface area contributed by atoms with Crippen LogP contribution in [-0.2, 0) is 12.2 Å². The van der Waals surface area contributed by atoms with E-state index < -0.39 is 0 Å². The maximum atomic E-state index is 4.62. The predicted octanol–water partition coefficient (Wildman–Crippen LogP) is 6.67. The first-order valence-corrected chi connectivity index (χ1v) is 11.9. The van der Waals surface area contributed by atoms with Crippen LogP contribution in [0.3, 0.4) is 0 Å². The lowest BCUT2D eigenvalue weighted by Gasteiger charge is -2.05. The molecule has 0 bridgehead atoms. The molecule has 2 aromatic heterocycles. The number of H-pyrrole nitrogens is 1. The molecule has 0 spiro atoms. The maximum absolute atomic E-state index is 4.62. The highest BCUT2D eigenvalue weighted by molar-refractivity contribution is 7.99. The number of hydrogen-bond donors (Lipinski definition) is 1. The first kappa shape index (κ1) is 20.0. The van der Waals surface area contributed by atoms with E-state index in [0.29, 0.717) is 0 Å². The van der Waals surface area contributed by atoms with Gasteiger partial charge in [-0.2, -0.15) is 0 Å². The minimum absolute atomic E-state index is 0.821. The van der Waals surface area contributed by atoms with Gasteiger partial charge in [-0.1, -0.05) is 53.7 Å². The SMILES string of the molecule is Cc1ccc(CCCCSc2ccnc(CSc3nc4ccccc4[nH]3)c2)cc1. The Morgan fingerprint density at radius 3 is 2.66 bits per heavy atom. The van der Waals surface area contributed by atoms with E-state index in [0.717, 1.165) is 39.8 Å². The number of aryl methyl sites for hydroxylation is 2. The fraction of sp³-hybridized carbons (Fsp3) is 0.250. The lowest BCUT2D eigenvalue weighted by molar-refractivity contribution is 0.802. The number of benzene rings is 2. The number of imidazole rings is 1. The summed E-state index contributed by atoms with van der Waals surface area (Å²) in [5.74, 6) is 1.97. The molecular weight excluding hydrogens is 394 g/mol. The molecule has 0 atom stereocenters. The second-order valence-corrected chi connectivity index (χ2v) is 9.25. The fourth-order valence-electron chi connectivity index (χ4n) is 3.14. The summed E-state index contributed by atoms with van der Waals surface area (Å²) in [7, 11) is 0. The number of fused-ring (bicyclic) bond motifs is 1. The van der Waals surface area contributed by atoms with Crippen LogP contribution in [-0.4, -0.2) is 20.7 Å². The molecule has 1 N–H and O–H groups in total. The second kappa shape index (κ2) is 9.99. The Morgan fingerprint density at radius 1 is 0.931 bits per heavy atom. The zero-order chi connectivity index (χ0) is 19.9. The van der Waals surface area contributed by atoms with E-state index in [1.165, 1.54) is 28.9 Å². The Labute approximate surface area is 180 Å². The first-order chi connectivity index (χ1) is 14.3. The molecule has 0 amide bonds. The molecule has 0 aliphatic carbocycles. The number of rotatable bonds is 9. The van der Waals surface area contributed by atoms with Crippen LogP contribution < -0.4 is 0 Å². The molecule has 0 unspecified atom stereocenters. The average Bonchev–Trinajstić information content (AvgIpc) is 3.17. The Balaban J connectivity index is 1.22. The van der Waals surface area contributed by atoms with Crippen molar-refractivity contribution in [1.29, 1.82) is 0 Å². The Bertz CT molecular complexity index is 1020. The van der Waals surface area contributed by atoms with E-state index in [-0.39, 0.29) is 0 Å². The molecule has 0 radical (unpaired) electrons. The van der Waals surface area contributed by atoms with Crippen molar-refractivity contribution in [3.8, 4) is 0 Å². The van der Waals surface area contributed by atoms with Crippen LogP contribution >= 0.6 is 23.5 Å². The van der Waals surface area contributed by atoms with Crippen molar-refractivity contribution in [2.45, 2.75) is 42.0 Å². The van der Waals surface area contributed by atoms with Gasteiger partial charge in [0.1, 0.15) is 0 Å². The van der Waals surface area contributed by atoms with Crippen molar-refractivity contribution in [1.82, 2.24) is 15.0 Å². The molecule has 2 aromatic carbocycles. The van der Waals surface area contributed by atoms with Gasteiger partial charge in [0.15, 0.2) is 5.16 Å². The van der Waals surface area contributed by atoms with Crippen LogP contribution in [0.25, 0.3) is 11.0 Å². The molecule has 2 heterocycles. The van der Waals surface area contributed by atoms with Crippen LogP contribution in [0.2, 0.25) is 0 Å². The van der Waals surface area contributed by atoms with Crippen molar-refractivity contribution in [3.05, 3.63) is 83.7 Å². The molecule has 4 aromatic rings. The first-order valence-electron chi connectivity index (χ1n) is 9.97. The molecular formula is C24H25N3S2. The molecule has 148 valence electrons. The van der Waals surface area contributed by atoms with E-state index >= 15 is 0 Å². The van der Waals surface area contributed by atoms with Crippen LogP contribution in [0.15, 0.2) is 76.9 Å². The van der Waals surface area contributed by atoms with Gasteiger partial charge < -0.3 is 4.98 Å². The molecule has 0 saturated heterocycles. The van der Waals surface area contributed by atoms with E-state index in [4.69, 9.17) is 0 Å². The quantitative estimate of drug-likeness (QED) is 0.243. The smallest absolute Gasteiger partial charge is 0.166 e. The van der Waals surface area contributed by atoms with Crippen LogP contribution in [0.4, 0.5) is 0 Å². The molecule has 3 nitrogen and oxygen atoms in total. The summed E-state index contributed by atoms with van der Waals surface area (Å²) in [6, 6.07) is 21.3. The zero-order valence-corrected chi connectivity index (χ0v) is 18.2. The molecule has 0 fully saturated rings. The Morgan fingerprint density at radius 2 is 1.79 bits per heavy atom. The van der Waals surface area contributed by atoms with Gasteiger partial charge in [-0.15, -0.1) is 11.8 Å². The molecule has 0 aliphatic rings. The standard InChI is InChI=1S/C24H25N3S2/c1-18-9-11-19(12-10-18)6-4-5-15-28-21-13-14-25-20(16-21)17-29-24-26-22-7-2-3-8-23(22)27-24/h2-3,7-14,16H,4-6,15,17H2,1H3,(H,26,27). The third-order valence-electron chi connectivity index (χ3n) is 4.76. The summed E-state index contributed by atoms with van der Waals surface area (Å²) >= 11 is 3.63. The van der Waals surface area contributed by atoms with Crippen molar-refractivity contribution in [2.24, 2.45) is 0 Å².